The van der Waals surface area contributed by atoms with Crippen LogP contribution < -0.4 is 10.6 Å². The Morgan fingerprint density at radius 2 is 2.25 bits per heavy atom. The number of nitrogens with one attached hydrogen (secondary N) is 2. The minimum atomic E-state index is 0.0000796. The molecule has 0 saturated carbocycles. The first kappa shape index (κ1) is 13.1. The third-order valence-corrected chi connectivity index (χ3v) is 2.32. The number of aromatic nitrogens is 1. The number of amides is 1. The van der Waals surface area contributed by atoms with Crippen LogP contribution in [0.15, 0.2) is 12.3 Å². The molecule has 0 bridgehead atoms. The maximum Gasteiger partial charge on any atom is 0.221 e. The van der Waals surface area contributed by atoms with Crippen molar-refractivity contribution in [2.24, 2.45) is 0 Å². The van der Waals surface area contributed by atoms with Crippen molar-refractivity contribution in [3.05, 3.63) is 22.3 Å². The fraction of sp³-hybridized carbons (Fsp3) is 0.400. The van der Waals surface area contributed by atoms with E-state index in [4.69, 9.17) is 23.2 Å². The van der Waals surface area contributed by atoms with Gasteiger partial charge in [0.2, 0.25) is 5.91 Å². The molecule has 0 aliphatic heterocycles. The van der Waals surface area contributed by atoms with Gasteiger partial charge in [0.25, 0.3) is 0 Å². The van der Waals surface area contributed by atoms with E-state index < -0.39 is 0 Å². The standard InChI is InChI=1S/C10H13Cl2N3O/c1-2-13-9(16)3-4-14-10-8(12)5-7(11)6-15-10/h5-6H,2-4H2,1H3,(H,13,16)(H,14,15). The van der Waals surface area contributed by atoms with Crippen molar-refractivity contribution in [2.45, 2.75) is 13.3 Å². The van der Waals surface area contributed by atoms with E-state index in [-0.39, 0.29) is 5.91 Å². The van der Waals surface area contributed by atoms with Crippen LogP contribution in [0.3, 0.4) is 0 Å². The zero-order chi connectivity index (χ0) is 12.0. The van der Waals surface area contributed by atoms with Crippen LogP contribution in [0.5, 0.6) is 0 Å². The van der Waals surface area contributed by atoms with E-state index in [2.05, 4.69) is 15.6 Å². The van der Waals surface area contributed by atoms with Gasteiger partial charge in [0.15, 0.2) is 0 Å². The molecule has 0 aliphatic rings. The van der Waals surface area contributed by atoms with Gasteiger partial charge < -0.3 is 10.6 Å². The zero-order valence-electron chi connectivity index (χ0n) is 8.89. The minimum Gasteiger partial charge on any atom is -0.368 e. The smallest absolute Gasteiger partial charge is 0.221 e. The van der Waals surface area contributed by atoms with Crippen LogP contribution in [0.25, 0.3) is 0 Å². The topological polar surface area (TPSA) is 54.0 Å². The van der Waals surface area contributed by atoms with Crippen molar-refractivity contribution in [3.63, 3.8) is 0 Å². The summed E-state index contributed by atoms with van der Waals surface area (Å²) in [7, 11) is 0. The molecular weight excluding hydrogens is 249 g/mol. The molecule has 88 valence electrons. The summed E-state index contributed by atoms with van der Waals surface area (Å²) in [5.74, 6) is 0.537. The number of hydrogen-bond donors (Lipinski definition) is 2. The molecule has 1 amide bonds. The molecule has 1 aromatic heterocycles. The third-order valence-electron chi connectivity index (χ3n) is 1.83. The van der Waals surface area contributed by atoms with E-state index in [1.165, 1.54) is 6.20 Å². The van der Waals surface area contributed by atoms with Gasteiger partial charge >= 0.3 is 0 Å². The van der Waals surface area contributed by atoms with Crippen molar-refractivity contribution in [1.82, 2.24) is 10.3 Å². The molecular formula is C10H13Cl2N3O. The minimum absolute atomic E-state index is 0.0000796. The Morgan fingerprint density at radius 1 is 1.50 bits per heavy atom. The molecule has 0 atom stereocenters. The molecule has 1 heterocycles. The Morgan fingerprint density at radius 3 is 2.88 bits per heavy atom. The predicted molar refractivity (Wildman–Crippen MR) is 66.0 cm³/mol. The summed E-state index contributed by atoms with van der Waals surface area (Å²) in [6.45, 7) is 3.00. The van der Waals surface area contributed by atoms with Crippen LogP contribution in [0.1, 0.15) is 13.3 Å². The highest BCUT2D eigenvalue weighted by Gasteiger charge is 2.03. The lowest BCUT2D eigenvalue weighted by Gasteiger charge is -2.07. The monoisotopic (exact) mass is 261 g/mol. The van der Waals surface area contributed by atoms with Crippen molar-refractivity contribution in [2.75, 3.05) is 18.4 Å². The highest BCUT2D eigenvalue weighted by molar-refractivity contribution is 6.35. The number of carbonyl (C=O) groups excluding carboxylic acids is 1. The van der Waals surface area contributed by atoms with Gasteiger partial charge in [0.05, 0.1) is 10.0 Å². The highest BCUT2D eigenvalue weighted by atomic mass is 35.5. The molecule has 1 rings (SSSR count). The fourth-order valence-corrected chi connectivity index (χ4v) is 1.57. The number of pyridine rings is 1. The van der Waals surface area contributed by atoms with Crippen molar-refractivity contribution in [1.29, 1.82) is 0 Å². The molecule has 0 spiro atoms. The fourth-order valence-electron chi connectivity index (χ4n) is 1.12. The average Bonchev–Trinajstić information content (AvgIpc) is 2.22. The highest BCUT2D eigenvalue weighted by Crippen LogP contribution is 2.22. The quantitative estimate of drug-likeness (QED) is 0.856. The van der Waals surface area contributed by atoms with E-state index >= 15 is 0 Å². The van der Waals surface area contributed by atoms with Gasteiger partial charge in [0, 0.05) is 25.7 Å². The average molecular weight is 262 g/mol. The summed E-state index contributed by atoms with van der Waals surface area (Å²) < 4.78 is 0. The van der Waals surface area contributed by atoms with Gasteiger partial charge in [-0.3, -0.25) is 4.79 Å². The molecule has 2 N–H and O–H groups in total. The number of nitrogens with zero attached hydrogens (tertiary/aromatic N) is 1. The number of anilines is 1. The van der Waals surface area contributed by atoms with E-state index in [1.807, 2.05) is 6.92 Å². The molecule has 0 radical (unpaired) electrons. The van der Waals surface area contributed by atoms with Crippen LogP contribution in [0, 0.1) is 0 Å². The van der Waals surface area contributed by atoms with Crippen molar-refractivity contribution in [3.8, 4) is 0 Å². The molecule has 0 aromatic carbocycles. The van der Waals surface area contributed by atoms with Crippen LogP contribution in [0.4, 0.5) is 5.82 Å². The number of carbonyl (C=O) groups is 1. The molecule has 0 saturated heterocycles. The third kappa shape index (κ3) is 4.24. The Hall–Kier alpha value is -1.000. The molecule has 16 heavy (non-hydrogen) atoms. The van der Waals surface area contributed by atoms with Crippen LogP contribution in [-0.2, 0) is 4.79 Å². The summed E-state index contributed by atoms with van der Waals surface area (Å²) in [4.78, 5) is 15.2. The molecule has 0 aliphatic carbocycles. The lowest BCUT2D eigenvalue weighted by Crippen LogP contribution is -2.24. The Kier molecular flexibility index (Phi) is 5.35. The predicted octanol–water partition coefficient (Wildman–Crippen LogP) is 2.33. The Balaban J connectivity index is 2.40. The second-order valence-electron chi connectivity index (χ2n) is 3.11. The normalized spacial score (nSPS) is 9.94. The molecule has 1 aromatic rings. The molecule has 0 unspecified atom stereocenters. The lowest BCUT2D eigenvalue weighted by atomic mass is 10.4. The number of halogens is 2. The van der Waals surface area contributed by atoms with Crippen molar-refractivity contribution >= 4 is 34.9 Å². The summed E-state index contributed by atoms with van der Waals surface area (Å²) in [5.41, 5.74) is 0. The first-order chi connectivity index (χ1) is 7.63. The van der Waals surface area contributed by atoms with Crippen LogP contribution >= 0.6 is 23.2 Å². The summed E-state index contributed by atoms with van der Waals surface area (Å²) >= 11 is 11.6. The van der Waals surface area contributed by atoms with E-state index in [9.17, 15) is 4.79 Å². The van der Waals surface area contributed by atoms with Crippen LogP contribution in [-0.4, -0.2) is 24.0 Å². The molecule has 4 nitrogen and oxygen atoms in total. The van der Waals surface area contributed by atoms with Gasteiger partial charge in [-0.05, 0) is 13.0 Å². The SMILES string of the molecule is CCNC(=O)CCNc1ncc(Cl)cc1Cl. The lowest BCUT2D eigenvalue weighted by molar-refractivity contribution is -0.120. The second-order valence-corrected chi connectivity index (χ2v) is 3.96. The van der Waals surface area contributed by atoms with Gasteiger partial charge in [-0.2, -0.15) is 0 Å². The van der Waals surface area contributed by atoms with Gasteiger partial charge in [-0.15, -0.1) is 0 Å². The summed E-state index contributed by atoms with van der Waals surface area (Å²) in [6.07, 6.45) is 1.89. The first-order valence-electron chi connectivity index (χ1n) is 4.95. The summed E-state index contributed by atoms with van der Waals surface area (Å²) in [6, 6.07) is 1.60. The van der Waals surface area contributed by atoms with E-state index in [0.717, 1.165) is 0 Å². The Bertz CT molecular complexity index is 371. The summed E-state index contributed by atoms with van der Waals surface area (Å²) in [5, 5.41) is 6.60. The van der Waals surface area contributed by atoms with E-state index in [1.54, 1.807) is 6.07 Å². The van der Waals surface area contributed by atoms with Crippen LogP contribution in [0.2, 0.25) is 10.0 Å². The maximum absolute atomic E-state index is 11.1. The number of hydrogen-bond acceptors (Lipinski definition) is 3. The Labute approximate surface area is 104 Å². The van der Waals surface area contributed by atoms with Gasteiger partial charge in [0.1, 0.15) is 5.82 Å². The zero-order valence-corrected chi connectivity index (χ0v) is 10.4. The van der Waals surface area contributed by atoms with Crippen molar-refractivity contribution < 1.29 is 4.79 Å². The first-order valence-corrected chi connectivity index (χ1v) is 5.70. The second kappa shape index (κ2) is 6.55. The largest absolute Gasteiger partial charge is 0.368 e. The molecule has 0 fully saturated rings. The van der Waals surface area contributed by atoms with E-state index in [0.29, 0.717) is 35.4 Å². The van der Waals surface area contributed by atoms with Gasteiger partial charge in [-0.1, -0.05) is 23.2 Å². The maximum atomic E-state index is 11.1. The number of rotatable bonds is 5. The van der Waals surface area contributed by atoms with Gasteiger partial charge in [-0.25, -0.2) is 4.98 Å². The molecule has 6 heteroatoms.